The van der Waals surface area contributed by atoms with E-state index in [9.17, 15) is 9.59 Å². The van der Waals surface area contributed by atoms with E-state index in [1.807, 2.05) is 17.9 Å². The van der Waals surface area contributed by atoms with E-state index in [0.29, 0.717) is 30.3 Å². The molecule has 2 N–H and O–H groups in total. The summed E-state index contributed by atoms with van der Waals surface area (Å²) in [7, 11) is 0. The van der Waals surface area contributed by atoms with Gasteiger partial charge in [0.05, 0.1) is 6.61 Å². The standard InChI is InChI=1S/C20H24N4O3/c1-2-27-18-16(6-5-11-21-18)14-22-20(26)23-17-9-7-15(8-10-17)19(25)24-12-3-4-13-24/h5-11H,2-4,12-14H2,1H3,(H2,22,23,26). The number of nitrogens with zero attached hydrogens (tertiary/aromatic N) is 2. The number of urea groups is 1. The lowest BCUT2D eigenvalue weighted by molar-refractivity contribution is 0.0793. The van der Waals surface area contributed by atoms with Gasteiger partial charge in [-0.05, 0) is 50.1 Å². The zero-order chi connectivity index (χ0) is 19.1. The van der Waals surface area contributed by atoms with Crippen molar-refractivity contribution in [2.45, 2.75) is 26.3 Å². The van der Waals surface area contributed by atoms with Crippen LogP contribution in [0.2, 0.25) is 0 Å². The molecule has 0 bridgehead atoms. The lowest BCUT2D eigenvalue weighted by Crippen LogP contribution is -2.29. The Balaban J connectivity index is 1.53. The summed E-state index contributed by atoms with van der Waals surface area (Å²) < 4.78 is 5.45. The molecule has 0 saturated carbocycles. The molecule has 2 aromatic rings. The molecule has 1 aromatic heterocycles. The molecule has 7 nitrogen and oxygen atoms in total. The van der Waals surface area contributed by atoms with Crippen LogP contribution in [0.25, 0.3) is 0 Å². The second-order valence-electron chi connectivity index (χ2n) is 6.29. The number of aromatic nitrogens is 1. The number of amides is 3. The molecule has 27 heavy (non-hydrogen) atoms. The number of carbonyl (C=O) groups excluding carboxylic acids is 2. The van der Waals surface area contributed by atoms with Gasteiger partial charge in [0.15, 0.2) is 0 Å². The van der Waals surface area contributed by atoms with E-state index in [1.54, 1.807) is 36.5 Å². The minimum Gasteiger partial charge on any atom is -0.478 e. The molecule has 142 valence electrons. The highest BCUT2D eigenvalue weighted by Gasteiger charge is 2.19. The summed E-state index contributed by atoms with van der Waals surface area (Å²) >= 11 is 0. The fraction of sp³-hybridized carbons (Fsp3) is 0.350. The quantitative estimate of drug-likeness (QED) is 0.821. The topological polar surface area (TPSA) is 83.6 Å². The molecule has 1 fully saturated rings. The van der Waals surface area contributed by atoms with Gasteiger partial charge in [-0.25, -0.2) is 9.78 Å². The number of pyridine rings is 1. The summed E-state index contributed by atoms with van der Waals surface area (Å²) in [6.45, 7) is 4.34. The van der Waals surface area contributed by atoms with Crippen LogP contribution in [0.4, 0.5) is 10.5 Å². The Morgan fingerprint density at radius 3 is 2.59 bits per heavy atom. The first kappa shape index (κ1) is 18.7. The van der Waals surface area contributed by atoms with Crippen LogP contribution in [0.5, 0.6) is 5.88 Å². The maximum absolute atomic E-state index is 12.3. The first-order valence-electron chi connectivity index (χ1n) is 9.18. The largest absolute Gasteiger partial charge is 0.478 e. The van der Waals surface area contributed by atoms with Gasteiger partial charge in [0, 0.05) is 42.6 Å². The van der Waals surface area contributed by atoms with Gasteiger partial charge in [-0.15, -0.1) is 0 Å². The Bertz CT molecular complexity index is 786. The lowest BCUT2D eigenvalue weighted by atomic mass is 10.2. The van der Waals surface area contributed by atoms with Crippen LogP contribution in [-0.2, 0) is 6.54 Å². The number of ether oxygens (including phenoxy) is 1. The van der Waals surface area contributed by atoms with E-state index in [0.717, 1.165) is 31.5 Å². The number of hydrogen-bond acceptors (Lipinski definition) is 4. The van der Waals surface area contributed by atoms with Crippen molar-refractivity contribution in [3.63, 3.8) is 0 Å². The number of anilines is 1. The molecule has 0 atom stereocenters. The minimum absolute atomic E-state index is 0.0449. The molecule has 3 amide bonds. The van der Waals surface area contributed by atoms with Crippen LogP contribution in [0.15, 0.2) is 42.6 Å². The van der Waals surface area contributed by atoms with Crippen molar-refractivity contribution < 1.29 is 14.3 Å². The Kier molecular flexibility index (Phi) is 6.25. The van der Waals surface area contributed by atoms with Crippen molar-refractivity contribution >= 4 is 17.6 Å². The fourth-order valence-electron chi connectivity index (χ4n) is 2.98. The summed E-state index contributed by atoms with van der Waals surface area (Å²) in [5, 5.41) is 5.55. The van der Waals surface area contributed by atoms with Crippen molar-refractivity contribution in [1.29, 1.82) is 0 Å². The van der Waals surface area contributed by atoms with Gasteiger partial charge in [-0.3, -0.25) is 4.79 Å². The Morgan fingerprint density at radius 2 is 1.89 bits per heavy atom. The van der Waals surface area contributed by atoms with E-state index in [2.05, 4.69) is 15.6 Å². The van der Waals surface area contributed by atoms with Crippen LogP contribution in [0, 0.1) is 0 Å². The summed E-state index contributed by atoms with van der Waals surface area (Å²) in [5.74, 6) is 0.564. The van der Waals surface area contributed by atoms with Crippen LogP contribution < -0.4 is 15.4 Å². The normalized spacial score (nSPS) is 13.3. The zero-order valence-corrected chi connectivity index (χ0v) is 15.4. The molecular weight excluding hydrogens is 344 g/mol. The van der Waals surface area contributed by atoms with Gasteiger partial charge in [0.1, 0.15) is 0 Å². The molecule has 2 heterocycles. The van der Waals surface area contributed by atoms with E-state index < -0.39 is 0 Å². The molecule has 1 aliphatic heterocycles. The number of carbonyl (C=O) groups is 2. The third kappa shape index (κ3) is 4.97. The van der Waals surface area contributed by atoms with Gasteiger partial charge in [0.25, 0.3) is 5.91 Å². The third-order valence-electron chi connectivity index (χ3n) is 4.35. The predicted molar refractivity (Wildman–Crippen MR) is 103 cm³/mol. The SMILES string of the molecule is CCOc1ncccc1CNC(=O)Nc1ccc(C(=O)N2CCCC2)cc1. The minimum atomic E-state index is -0.333. The maximum Gasteiger partial charge on any atom is 0.319 e. The summed E-state index contributed by atoms with van der Waals surface area (Å²) in [6, 6.07) is 10.3. The van der Waals surface area contributed by atoms with Crippen molar-refractivity contribution in [3.05, 3.63) is 53.7 Å². The van der Waals surface area contributed by atoms with Gasteiger partial charge in [-0.2, -0.15) is 0 Å². The summed E-state index contributed by atoms with van der Waals surface area (Å²) in [5.41, 5.74) is 2.07. The molecule has 3 rings (SSSR count). The molecule has 0 spiro atoms. The fourth-order valence-corrected chi connectivity index (χ4v) is 2.98. The Morgan fingerprint density at radius 1 is 1.15 bits per heavy atom. The van der Waals surface area contributed by atoms with Crippen molar-refractivity contribution in [3.8, 4) is 5.88 Å². The van der Waals surface area contributed by atoms with E-state index in [4.69, 9.17) is 4.74 Å². The second-order valence-corrected chi connectivity index (χ2v) is 6.29. The molecule has 7 heteroatoms. The van der Waals surface area contributed by atoms with E-state index in [-0.39, 0.29) is 11.9 Å². The van der Waals surface area contributed by atoms with Crippen molar-refractivity contribution in [2.75, 3.05) is 25.0 Å². The first-order valence-corrected chi connectivity index (χ1v) is 9.18. The van der Waals surface area contributed by atoms with Crippen LogP contribution in [0.1, 0.15) is 35.7 Å². The van der Waals surface area contributed by atoms with Crippen molar-refractivity contribution in [1.82, 2.24) is 15.2 Å². The number of hydrogen-bond donors (Lipinski definition) is 2. The van der Waals surface area contributed by atoms with E-state index >= 15 is 0 Å². The van der Waals surface area contributed by atoms with Crippen molar-refractivity contribution in [2.24, 2.45) is 0 Å². The number of rotatable bonds is 6. The van der Waals surface area contributed by atoms with E-state index in [1.165, 1.54) is 0 Å². The van der Waals surface area contributed by atoms with Crippen LogP contribution >= 0.6 is 0 Å². The summed E-state index contributed by atoms with van der Waals surface area (Å²) in [4.78, 5) is 30.5. The Hall–Kier alpha value is -3.09. The average molecular weight is 368 g/mol. The number of likely N-dealkylation sites (tertiary alicyclic amines) is 1. The Labute approximate surface area is 158 Å². The molecular formula is C20H24N4O3. The lowest BCUT2D eigenvalue weighted by Gasteiger charge is -2.15. The third-order valence-corrected chi connectivity index (χ3v) is 4.35. The highest BCUT2D eigenvalue weighted by atomic mass is 16.5. The van der Waals surface area contributed by atoms with Crippen LogP contribution in [-0.4, -0.2) is 41.5 Å². The van der Waals surface area contributed by atoms with Crippen LogP contribution in [0.3, 0.4) is 0 Å². The van der Waals surface area contributed by atoms with Gasteiger partial charge in [-0.1, -0.05) is 6.07 Å². The number of nitrogens with one attached hydrogen (secondary N) is 2. The average Bonchev–Trinajstić information content (AvgIpc) is 3.22. The smallest absolute Gasteiger partial charge is 0.319 e. The molecule has 1 saturated heterocycles. The van der Waals surface area contributed by atoms with Gasteiger partial charge >= 0.3 is 6.03 Å². The second kappa shape index (κ2) is 9.02. The molecule has 0 aliphatic carbocycles. The van der Waals surface area contributed by atoms with Gasteiger partial charge in [0.2, 0.25) is 5.88 Å². The molecule has 0 unspecified atom stereocenters. The highest BCUT2D eigenvalue weighted by molar-refractivity contribution is 5.95. The molecule has 1 aliphatic rings. The first-order chi connectivity index (χ1) is 13.2. The predicted octanol–water partition coefficient (Wildman–Crippen LogP) is 3.04. The highest BCUT2D eigenvalue weighted by Crippen LogP contribution is 2.16. The summed E-state index contributed by atoms with van der Waals surface area (Å²) in [6.07, 6.45) is 3.78. The number of benzene rings is 1. The molecule has 0 radical (unpaired) electrons. The van der Waals surface area contributed by atoms with Gasteiger partial charge < -0.3 is 20.3 Å². The monoisotopic (exact) mass is 368 g/mol. The maximum atomic E-state index is 12.3. The zero-order valence-electron chi connectivity index (χ0n) is 15.4. The molecule has 1 aromatic carbocycles.